The minimum Gasteiger partial charge on any atom is -0.476 e. The van der Waals surface area contributed by atoms with Crippen LogP contribution in [-0.2, 0) is 39.6 Å². The molecule has 2 aromatic carbocycles. The first kappa shape index (κ1) is 54.0. The normalized spacial score (nSPS) is 18.8. The summed E-state index contributed by atoms with van der Waals surface area (Å²) in [6.45, 7) is 11.1. The largest absolute Gasteiger partial charge is 0.476 e. The van der Waals surface area contributed by atoms with Gasteiger partial charge in [-0.3, -0.25) is 14.4 Å². The van der Waals surface area contributed by atoms with Gasteiger partial charge in [0.15, 0.2) is 32.9 Å². The highest BCUT2D eigenvalue weighted by molar-refractivity contribution is 7.89. The van der Waals surface area contributed by atoms with Crippen LogP contribution in [0, 0.1) is 24.5 Å². The van der Waals surface area contributed by atoms with Gasteiger partial charge in [0.05, 0.1) is 59.0 Å². The third-order valence-electron chi connectivity index (χ3n) is 14.8. The molecule has 410 valence electrons. The van der Waals surface area contributed by atoms with Crippen LogP contribution in [0.3, 0.4) is 0 Å². The number of hydrogen-bond donors (Lipinski definition) is 4. The Morgan fingerprint density at radius 3 is 2.56 bits per heavy atom. The molecule has 5 aromatic heterocycles. The van der Waals surface area contributed by atoms with E-state index in [1.807, 2.05) is 45.1 Å². The molecule has 4 N–H and O–H groups in total. The summed E-state index contributed by atoms with van der Waals surface area (Å²) in [4.78, 5) is 62.9. The first-order valence-corrected chi connectivity index (χ1v) is 28.8. The molecule has 0 bridgehead atoms. The first-order chi connectivity index (χ1) is 37.2. The minimum absolute atomic E-state index is 0.0214. The van der Waals surface area contributed by atoms with Crippen LogP contribution in [0.15, 0.2) is 86.9 Å². The van der Waals surface area contributed by atoms with Gasteiger partial charge >= 0.3 is 0 Å². The number of β-amino-alcohol motifs (C(OH)–C–C–N with tert-alkyl or cyclic N) is 1. The summed E-state index contributed by atoms with van der Waals surface area (Å²) in [5.74, 6) is -3.17. The van der Waals surface area contributed by atoms with Gasteiger partial charge in [0, 0.05) is 86.0 Å². The number of fused-ring (bicyclic) bond motifs is 2. The van der Waals surface area contributed by atoms with Crippen LogP contribution in [0.4, 0.5) is 20.3 Å². The number of anilines is 2. The molecule has 2 amide bonds. The fourth-order valence-corrected chi connectivity index (χ4v) is 12.5. The van der Waals surface area contributed by atoms with Crippen molar-refractivity contribution < 1.29 is 41.2 Å². The molecule has 0 aliphatic carbocycles. The number of nitrogens with zero attached hydrogens (tertiary/aromatic N) is 8. The third-order valence-corrected chi connectivity index (χ3v) is 16.6. The minimum atomic E-state index is -3.70. The molecule has 3 aliphatic rings. The van der Waals surface area contributed by atoms with E-state index in [-0.39, 0.29) is 72.0 Å². The molecule has 19 nitrogen and oxygen atoms in total. The van der Waals surface area contributed by atoms with Gasteiger partial charge in [0.2, 0.25) is 5.91 Å². The van der Waals surface area contributed by atoms with E-state index in [1.54, 1.807) is 47.8 Å². The Bertz CT molecular complexity index is 3650. The number of aryl methyl sites for hydroxylation is 2. The zero-order chi connectivity index (χ0) is 55.4. The van der Waals surface area contributed by atoms with Gasteiger partial charge in [-0.05, 0) is 78.6 Å². The van der Waals surface area contributed by atoms with E-state index in [9.17, 15) is 32.3 Å². The zero-order valence-corrected chi connectivity index (χ0v) is 45.9. The fourth-order valence-electron chi connectivity index (χ4n) is 10.9. The van der Waals surface area contributed by atoms with Gasteiger partial charge in [0.1, 0.15) is 23.1 Å². The van der Waals surface area contributed by atoms with Gasteiger partial charge in [-0.15, -0.1) is 11.3 Å². The van der Waals surface area contributed by atoms with Gasteiger partial charge in [0.25, 0.3) is 17.3 Å². The number of hydrogen-bond acceptors (Lipinski definition) is 16. The molecule has 7 aromatic rings. The predicted molar refractivity (Wildman–Crippen MR) is 292 cm³/mol. The number of H-pyrrole nitrogens is 1. The Kier molecular flexibility index (Phi) is 14.9. The number of aliphatic hydroxyl groups is 1. The fraction of sp³-hybridized carbons (Fsp3) is 0.400. The molecule has 0 saturated carbocycles. The number of rotatable bonds is 18. The summed E-state index contributed by atoms with van der Waals surface area (Å²) >= 11 is 1.60. The predicted octanol–water partition coefficient (Wildman–Crippen LogP) is 7.62. The molecule has 10 rings (SSSR count). The molecule has 1 fully saturated rings. The highest BCUT2D eigenvalue weighted by Crippen LogP contribution is 2.45. The van der Waals surface area contributed by atoms with Gasteiger partial charge in [-0.1, -0.05) is 45.0 Å². The summed E-state index contributed by atoms with van der Waals surface area (Å²) in [7, 11) is -2.12. The molecule has 0 radical (unpaired) electrons. The monoisotopic (exact) mass is 1110 g/mol. The van der Waals surface area contributed by atoms with Gasteiger partial charge in [-0.2, -0.15) is 5.01 Å². The second-order valence-electron chi connectivity index (χ2n) is 20.7. The number of thiazole rings is 1. The SMILES string of the molecule is CCN1NC([C@H]2C[C@@H](O)CN2C(=O)C(c2cc(OCCCCCNC(=O)c3cc4c(cc3CS(C)(=O)=O)-c3cn(C)c(=O)c5[nH]cc(c35)CN4c3ncc(F)cc3F)no2)C(C)C)=N[C@@]1(C)c1ccc(-c2scnc2C)cc1. The summed E-state index contributed by atoms with van der Waals surface area (Å²) in [5, 5.41) is 20.7. The molecule has 78 heavy (non-hydrogen) atoms. The number of amides is 2. The maximum atomic E-state index is 15.6. The number of aromatic nitrogens is 5. The van der Waals surface area contributed by atoms with Crippen LogP contribution in [0.5, 0.6) is 5.88 Å². The molecule has 1 saturated heterocycles. The number of pyridine rings is 2. The molecule has 8 heterocycles. The Morgan fingerprint density at radius 1 is 1.08 bits per heavy atom. The lowest BCUT2D eigenvalue weighted by molar-refractivity contribution is -0.134. The van der Waals surface area contributed by atoms with Crippen molar-refractivity contribution in [2.24, 2.45) is 18.0 Å². The molecule has 23 heteroatoms. The number of likely N-dealkylation sites (tertiary alicyclic amines) is 1. The quantitative estimate of drug-likeness (QED) is 0.0606. The smallest absolute Gasteiger partial charge is 0.274 e. The number of aliphatic imine (C=N–C) groups is 1. The van der Waals surface area contributed by atoms with Crippen molar-refractivity contribution in [2.75, 3.05) is 37.4 Å². The summed E-state index contributed by atoms with van der Waals surface area (Å²) in [6, 6.07) is 13.2. The molecule has 1 unspecified atom stereocenters. The Morgan fingerprint density at radius 2 is 1.86 bits per heavy atom. The van der Waals surface area contributed by atoms with Gasteiger partial charge in [-0.25, -0.2) is 32.2 Å². The number of nitrogens with one attached hydrogen (secondary N) is 3. The number of hydrazine groups is 1. The van der Waals surface area contributed by atoms with E-state index in [2.05, 4.69) is 55.1 Å². The summed E-state index contributed by atoms with van der Waals surface area (Å²) < 4.78 is 68.6. The molecule has 3 aliphatic heterocycles. The molecular weight excluding hydrogens is 1040 g/mol. The van der Waals surface area contributed by atoms with Crippen LogP contribution in [0.2, 0.25) is 0 Å². The van der Waals surface area contributed by atoms with E-state index >= 15 is 4.39 Å². The van der Waals surface area contributed by atoms with Crippen LogP contribution >= 0.6 is 11.3 Å². The van der Waals surface area contributed by atoms with Crippen molar-refractivity contribution in [1.29, 1.82) is 0 Å². The van der Waals surface area contributed by atoms with Crippen LogP contribution in [0.1, 0.15) is 97.8 Å². The Balaban J connectivity index is 0.786. The van der Waals surface area contributed by atoms with E-state index in [4.69, 9.17) is 14.3 Å². The molecular formula is C55H61F2N11O8S2. The number of carbonyl (C=O) groups is 2. The average Bonchev–Trinajstić information content (AvgIpc) is 4.42. The number of aromatic amines is 1. The topological polar surface area (TPSA) is 233 Å². The van der Waals surface area contributed by atoms with Crippen LogP contribution in [-0.4, -0.2) is 110 Å². The van der Waals surface area contributed by atoms with Crippen molar-refractivity contribution >= 4 is 61.2 Å². The lowest BCUT2D eigenvalue weighted by Gasteiger charge is -2.32. The van der Waals surface area contributed by atoms with E-state index in [0.717, 1.165) is 34.2 Å². The summed E-state index contributed by atoms with van der Waals surface area (Å²) in [6.07, 6.45) is 6.43. The number of aliphatic hydroxyl groups excluding tert-OH is 1. The number of carbonyl (C=O) groups excluding carboxylic acids is 2. The van der Waals surface area contributed by atoms with E-state index < -0.39 is 56.9 Å². The second kappa shape index (κ2) is 21.5. The van der Waals surface area contributed by atoms with Crippen LogP contribution in [0.25, 0.3) is 32.5 Å². The summed E-state index contributed by atoms with van der Waals surface area (Å²) in [5.41, 5.74) is 9.63. The van der Waals surface area contributed by atoms with Crippen molar-refractivity contribution in [3.63, 3.8) is 0 Å². The number of amidine groups is 1. The van der Waals surface area contributed by atoms with Crippen molar-refractivity contribution in [1.82, 2.24) is 45.3 Å². The number of halogens is 2. The van der Waals surface area contributed by atoms with Crippen molar-refractivity contribution in [3.8, 4) is 27.4 Å². The highest BCUT2D eigenvalue weighted by Gasteiger charge is 2.47. The lowest BCUT2D eigenvalue weighted by Crippen LogP contribution is -2.51. The first-order valence-electron chi connectivity index (χ1n) is 25.9. The van der Waals surface area contributed by atoms with E-state index in [1.165, 1.54) is 15.5 Å². The lowest BCUT2D eigenvalue weighted by atomic mass is 9.91. The van der Waals surface area contributed by atoms with E-state index in [0.29, 0.717) is 77.7 Å². The number of benzene rings is 2. The molecule has 0 spiro atoms. The van der Waals surface area contributed by atoms with Crippen LogP contribution < -0.4 is 25.9 Å². The zero-order valence-electron chi connectivity index (χ0n) is 44.3. The second-order valence-corrected chi connectivity index (χ2v) is 23.7. The standard InChI is InChI=1S/C55H61F2N11O8S2/c1-8-68-55(5,35-14-12-32(13-15-35)49-31(4)61-29-77-49)62-50(63-68)43-20-37(69)26-67(43)53(71)46(30(2)3)44-22-45(64-76-44)75-17-11-9-10-16-58-52(70)38-21-42-39(18-33(38)28-78(7,73)74)40-27-65(6)54(72)48-47(40)34(23-59-48)25-66(42)51-41(57)19-36(56)24-60-51/h12-15,18-19,21-24,27,29-30,37,43,46,59,69H,8-11,16-17,20,25-26,28H2,1-7H3,(H,58,70)(H,62,63)/t37-,43-,46?,55-/m1/s1. The maximum Gasteiger partial charge on any atom is 0.274 e. The maximum absolute atomic E-state index is 15.6. The Hall–Kier alpha value is -7.34. The Labute approximate surface area is 453 Å². The van der Waals surface area contributed by atoms with Crippen molar-refractivity contribution in [2.45, 2.75) is 96.3 Å². The number of sulfone groups is 1. The number of ether oxygens (including phenoxy) is 1. The van der Waals surface area contributed by atoms with Crippen molar-refractivity contribution in [3.05, 3.63) is 128 Å². The molecule has 4 atom stereocenters. The van der Waals surface area contributed by atoms with Gasteiger partial charge < -0.3 is 44.5 Å². The number of unbranched alkanes of at least 4 members (excludes halogenated alkanes) is 2. The average molecular weight is 1110 g/mol. The highest BCUT2D eigenvalue weighted by atomic mass is 32.2. The third kappa shape index (κ3) is 10.4.